The predicted octanol–water partition coefficient (Wildman–Crippen LogP) is -1.39. The molecule has 0 aliphatic carbocycles. The molecule has 1 rings (SSSR count). The summed E-state index contributed by atoms with van der Waals surface area (Å²) < 4.78 is 4.53. The fourth-order valence-corrected chi connectivity index (χ4v) is 0.689. The third-order valence-electron chi connectivity index (χ3n) is 1.35. The Bertz CT molecular complexity index is 105. The number of aliphatic hydroxyl groups is 3. The summed E-state index contributed by atoms with van der Waals surface area (Å²) in [5, 5.41) is 26.3. The maximum absolute atomic E-state index is 9.02. The summed E-state index contributed by atoms with van der Waals surface area (Å²) in [6.07, 6.45) is -0.737. The van der Waals surface area contributed by atoms with Crippen molar-refractivity contribution in [3.8, 4) is 0 Å². The van der Waals surface area contributed by atoms with Gasteiger partial charge in [0.05, 0.1) is 13.2 Å². The van der Waals surface area contributed by atoms with Crippen molar-refractivity contribution < 1.29 is 20.1 Å². The van der Waals surface area contributed by atoms with Crippen molar-refractivity contribution in [2.75, 3.05) is 6.61 Å². The lowest BCUT2D eigenvalue weighted by Crippen LogP contribution is -2.42. The van der Waals surface area contributed by atoms with Crippen molar-refractivity contribution in [1.82, 2.24) is 0 Å². The van der Waals surface area contributed by atoms with Crippen molar-refractivity contribution in [3.63, 3.8) is 0 Å². The molecule has 1 aliphatic rings. The average molecular weight is 133 g/mol. The maximum Gasteiger partial charge on any atom is 0.216 e. The molecule has 2 atom stereocenters. The Morgan fingerprint density at radius 3 is 2.67 bits per heavy atom. The average Bonchev–Trinajstić information content (AvgIpc) is 2.15. The first-order chi connectivity index (χ1) is 4.19. The van der Waals surface area contributed by atoms with E-state index in [1.54, 1.807) is 0 Å². The first-order valence-corrected chi connectivity index (χ1v) is 2.70. The number of rotatable bonds is 1. The molecule has 2 unspecified atom stereocenters. The Labute approximate surface area is 52.7 Å². The summed E-state index contributed by atoms with van der Waals surface area (Å²) in [7, 11) is 0. The van der Waals surface area contributed by atoms with Crippen molar-refractivity contribution >= 4 is 0 Å². The zero-order valence-corrected chi connectivity index (χ0v) is 4.82. The SMILES string of the molecule is OCC1(O)O[CH]CC1O. The molecule has 4 heteroatoms. The van der Waals surface area contributed by atoms with E-state index in [0.717, 1.165) is 0 Å². The second kappa shape index (κ2) is 2.22. The van der Waals surface area contributed by atoms with Gasteiger partial charge in [0.2, 0.25) is 5.79 Å². The molecule has 0 bridgehead atoms. The molecule has 1 aliphatic heterocycles. The second-order valence-corrected chi connectivity index (χ2v) is 2.04. The second-order valence-electron chi connectivity index (χ2n) is 2.04. The first kappa shape index (κ1) is 6.95. The van der Waals surface area contributed by atoms with Crippen molar-refractivity contribution in [3.05, 3.63) is 6.61 Å². The lowest BCUT2D eigenvalue weighted by Gasteiger charge is -2.21. The minimum atomic E-state index is -1.75. The Morgan fingerprint density at radius 1 is 1.78 bits per heavy atom. The number of hydrogen-bond donors (Lipinski definition) is 3. The van der Waals surface area contributed by atoms with Gasteiger partial charge in [-0.3, -0.25) is 0 Å². The third kappa shape index (κ3) is 1.07. The van der Waals surface area contributed by atoms with Gasteiger partial charge >= 0.3 is 0 Å². The van der Waals surface area contributed by atoms with Crippen LogP contribution in [0.5, 0.6) is 0 Å². The Hall–Kier alpha value is -0.160. The van der Waals surface area contributed by atoms with Crippen LogP contribution in [-0.2, 0) is 4.74 Å². The van der Waals surface area contributed by atoms with Gasteiger partial charge in [-0.25, -0.2) is 0 Å². The summed E-state index contributed by atoms with van der Waals surface area (Å²) in [5.74, 6) is -1.75. The van der Waals surface area contributed by atoms with Crippen LogP contribution in [0.3, 0.4) is 0 Å². The van der Waals surface area contributed by atoms with Gasteiger partial charge in [-0.1, -0.05) is 0 Å². The molecule has 0 aromatic rings. The minimum absolute atomic E-state index is 0.261. The molecule has 9 heavy (non-hydrogen) atoms. The van der Waals surface area contributed by atoms with E-state index in [2.05, 4.69) is 4.74 Å². The summed E-state index contributed by atoms with van der Waals surface area (Å²) >= 11 is 0. The lowest BCUT2D eigenvalue weighted by atomic mass is 10.1. The van der Waals surface area contributed by atoms with E-state index in [4.69, 9.17) is 15.3 Å². The molecule has 0 aromatic carbocycles. The van der Waals surface area contributed by atoms with Crippen LogP contribution in [0.1, 0.15) is 6.42 Å². The zero-order chi connectivity index (χ0) is 6.91. The van der Waals surface area contributed by atoms with E-state index < -0.39 is 18.5 Å². The van der Waals surface area contributed by atoms with E-state index in [9.17, 15) is 0 Å². The molecular weight excluding hydrogens is 124 g/mol. The predicted molar refractivity (Wildman–Crippen MR) is 28.0 cm³/mol. The number of hydrogen-bond acceptors (Lipinski definition) is 4. The Balaban J connectivity index is 2.56. The van der Waals surface area contributed by atoms with Crippen LogP contribution >= 0.6 is 0 Å². The zero-order valence-electron chi connectivity index (χ0n) is 4.82. The molecule has 53 valence electrons. The smallest absolute Gasteiger partial charge is 0.216 e. The number of aliphatic hydroxyl groups excluding tert-OH is 2. The molecule has 1 fully saturated rings. The number of ether oxygens (including phenoxy) is 1. The maximum atomic E-state index is 9.02. The van der Waals surface area contributed by atoms with Gasteiger partial charge in [0.1, 0.15) is 6.10 Å². The molecule has 0 spiro atoms. The molecule has 1 saturated heterocycles. The molecular formula is C5H9O4. The van der Waals surface area contributed by atoms with Crippen molar-refractivity contribution in [2.45, 2.75) is 18.3 Å². The van der Waals surface area contributed by atoms with Crippen LogP contribution < -0.4 is 0 Å². The molecule has 4 nitrogen and oxygen atoms in total. The molecule has 1 heterocycles. The lowest BCUT2D eigenvalue weighted by molar-refractivity contribution is -0.223. The molecule has 3 N–H and O–H groups in total. The molecule has 0 saturated carbocycles. The highest BCUT2D eigenvalue weighted by atomic mass is 16.7. The van der Waals surface area contributed by atoms with E-state index >= 15 is 0 Å². The Kier molecular flexibility index (Phi) is 1.72. The summed E-state index contributed by atoms with van der Waals surface area (Å²) in [6, 6.07) is 0. The van der Waals surface area contributed by atoms with Gasteiger partial charge in [0.25, 0.3) is 0 Å². The minimum Gasteiger partial charge on any atom is -0.391 e. The van der Waals surface area contributed by atoms with Gasteiger partial charge in [0, 0.05) is 6.42 Å². The van der Waals surface area contributed by atoms with Crippen LogP contribution in [-0.4, -0.2) is 33.8 Å². The van der Waals surface area contributed by atoms with Gasteiger partial charge < -0.3 is 20.1 Å². The largest absolute Gasteiger partial charge is 0.391 e. The van der Waals surface area contributed by atoms with Crippen LogP contribution in [0.2, 0.25) is 0 Å². The van der Waals surface area contributed by atoms with E-state index in [1.165, 1.54) is 6.61 Å². The van der Waals surface area contributed by atoms with Gasteiger partial charge in [0.15, 0.2) is 0 Å². The fraction of sp³-hybridized carbons (Fsp3) is 0.800. The van der Waals surface area contributed by atoms with E-state index in [1.807, 2.05) is 0 Å². The topological polar surface area (TPSA) is 69.9 Å². The van der Waals surface area contributed by atoms with Crippen LogP contribution in [0.25, 0.3) is 0 Å². The highest BCUT2D eigenvalue weighted by molar-refractivity contribution is 4.86. The molecule has 0 aromatic heterocycles. The van der Waals surface area contributed by atoms with E-state index in [0.29, 0.717) is 0 Å². The molecule has 0 amide bonds. The normalized spacial score (nSPS) is 43.7. The molecule has 1 radical (unpaired) electrons. The van der Waals surface area contributed by atoms with Crippen LogP contribution in [0.4, 0.5) is 0 Å². The standard InChI is InChI=1S/C5H9O4/c6-3-5(8)4(7)1-2-9-5/h2,4,6-8H,1,3H2. The van der Waals surface area contributed by atoms with Crippen LogP contribution in [0, 0.1) is 6.61 Å². The monoisotopic (exact) mass is 133 g/mol. The quantitative estimate of drug-likeness (QED) is 0.412. The van der Waals surface area contributed by atoms with Gasteiger partial charge in [-0.05, 0) is 0 Å². The highest BCUT2D eigenvalue weighted by Gasteiger charge is 2.41. The van der Waals surface area contributed by atoms with Crippen LogP contribution in [0.15, 0.2) is 0 Å². The van der Waals surface area contributed by atoms with Crippen molar-refractivity contribution in [2.24, 2.45) is 0 Å². The summed E-state index contributed by atoms with van der Waals surface area (Å²) in [5.41, 5.74) is 0. The first-order valence-electron chi connectivity index (χ1n) is 2.70. The fourth-order valence-electron chi connectivity index (χ4n) is 0.689. The summed E-state index contributed by atoms with van der Waals surface area (Å²) in [6.45, 7) is 0.700. The highest BCUT2D eigenvalue weighted by Crippen LogP contribution is 2.24. The third-order valence-corrected chi connectivity index (χ3v) is 1.35. The van der Waals surface area contributed by atoms with Gasteiger partial charge in [-0.15, -0.1) is 0 Å². The van der Waals surface area contributed by atoms with Gasteiger partial charge in [-0.2, -0.15) is 0 Å². The van der Waals surface area contributed by atoms with Crippen molar-refractivity contribution in [1.29, 1.82) is 0 Å². The summed E-state index contributed by atoms with van der Waals surface area (Å²) in [4.78, 5) is 0. The Morgan fingerprint density at radius 2 is 2.44 bits per heavy atom. The van der Waals surface area contributed by atoms with E-state index in [-0.39, 0.29) is 6.42 Å².